The van der Waals surface area contributed by atoms with E-state index in [2.05, 4.69) is 18.8 Å². The van der Waals surface area contributed by atoms with Crippen LogP contribution in [0.5, 0.6) is 0 Å². The minimum atomic E-state index is 0.0592. The van der Waals surface area contributed by atoms with Crippen LogP contribution in [0.3, 0.4) is 0 Å². The van der Waals surface area contributed by atoms with Gasteiger partial charge in [0.25, 0.3) is 0 Å². The molecule has 0 unspecified atom stereocenters. The second-order valence-electron chi connectivity index (χ2n) is 6.00. The van der Waals surface area contributed by atoms with Crippen molar-refractivity contribution in [1.29, 1.82) is 0 Å². The van der Waals surface area contributed by atoms with Crippen molar-refractivity contribution in [3.63, 3.8) is 0 Å². The van der Waals surface area contributed by atoms with Gasteiger partial charge in [0.1, 0.15) is 6.61 Å². The molecule has 1 N–H and O–H groups in total. The van der Waals surface area contributed by atoms with Gasteiger partial charge in [0.2, 0.25) is 0 Å². The van der Waals surface area contributed by atoms with E-state index in [0.717, 1.165) is 17.5 Å². The average molecular weight is 316 g/mol. The highest BCUT2D eigenvalue weighted by Crippen LogP contribution is 2.10. The number of unbranched alkanes of at least 4 members (excludes halogenated alkanes) is 8. The van der Waals surface area contributed by atoms with E-state index in [1.54, 1.807) is 0 Å². The molecule has 23 heavy (non-hydrogen) atoms. The smallest absolute Gasteiger partial charge is 0.108 e. The lowest BCUT2D eigenvalue weighted by atomic mass is 10.1. The molecule has 0 amide bonds. The Bertz CT molecular complexity index is 456. The molecule has 1 aromatic carbocycles. The van der Waals surface area contributed by atoms with E-state index < -0.39 is 0 Å². The molecule has 2 nitrogen and oxygen atoms in total. The summed E-state index contributed by atoms with van der Waals surface area (Å²) in [7, 11) is 0. The molecule has 0 atom stereocenters. The lowest BCUT2D eigenvalue weighted by molar-refractivity contribution is 0.151. The first kappa shape index (κ1) is 19.7. The first-order chi connectivity index (χ1) is 11.4. The van der Waals surface area contributed by atoms with Gasteiger partial charge in [-0.3, -0.25) is 0 Å². The molecular weight excluding hydrogens is 284 g/mol. The van der Waals surface area contributed by atoms with Gasteiger partial charge in [-0.2, -0.15) is 0 Å². The lowest BCUT2D eigenvalue weighted by Crippen LogP contribution is -1.98. The third-order valence-corrected chi connectivity index (χ3v) is 4.00. The maximum Gasteiger partial charge on any atom is 0.108 e. The Morgan fingerprint density at radius 2 is 1.52 bits per heavy atom. The average Bonchev–Trinajstić information content (AvgIpc) is 2.59. The van der Waals surface area contributed by atoms with E-state index >= 15 is 0 Å². The zero-order chi connectivity index (χ0) is 16.6. The molecule has 1 aromatic rings. The van der Waals surface area contributed by atoms with E-state index in [1.807, 2.05) is 24.3 Å². The molecule has 2 heteroatoms. The quantitative estimate of drug-likeness (QED) is 0.422. The van der Waals surface area contributed by atoms with Gasteiger partial charge in [-0.15, -0.1) is 5.92 Å². The first-order valence-electron chi connectivity index (χ1n) is 9.09. The van der Waals surface area contributed by atoms with Crippen molar-refractivity contribution in [3.8, 4) is 11.8 Å². The Kier molecular flexibility index (Phi) is 12.3. The molecule has 1 rings (SSSR count). The van der Waals surface area contributed by atoms with Crippen LogP contribution in [0.2, 0.25) is 0 Å². The minimum absolute atomic E-state index is 0.0592. The molecule has 0 aliphatic rings. The number of aliphatic hydroxyl groups excluding tert-OH is 1. The summed E-state index contributed by atoms with van der Waals surface area (Å²) in [5.74, 6) is 6.26. The number of rotatable bonds is 12. The van der Waals surface area contributed by atoms with E-state index in [4.69, 9.17) is 4.74 Å². The normalized spacial score (nSPS) is 10.3. The van der Waals surface area contributed by atoms with Crippen LogP contribution in [-0.4, -0.2) is 11.7 Å². The van der Waals surface area contributed by atoms with Crippen LogP contribution >= 0.6 is 0 Å². The van der Waals surface area contributed by atoms with Crippen LogP contribution in [0.15, 0.2) is 24.3 Å². The van der Waals surface area contributed by atoms with Crippen LogP contribution in [0.1, 0.15) is 75.8 Å². The van der Waals surface area contributed by atoms with Crippen molar-refractivity contribution >= 4 is 0 Å². The van der Waals surface area contributed by atoms with Gasteiger partial charge in [-0.05, 0) is 17.5 Å². The van der Waals surface area contributed by atoms with Crippen LogP contribution in [0, 0.1) is 11.8 Å². The fourth-order valence-corrected chi connectivity index (χ4v) is 2.55. The van der Waals surface area contributed by atoms with Crippen LogP contribution < -0.4 is 0 Å². The van der Waals surface area contributed by atoms with Gasteiger partial charge in [-0.1, -0.05) is 82.1 Å². The molecule has 0 fully saturated rings. The van der Waals surface area contributed by atoms with Crippen molar-refractivity contribution in [2.45, 2.75) is 77.9 Å². The molecule has 0 heterocycles. The molecule has 0 bridgehead atoms. The Balaban J connectivity index is 1.97. The Morgan fingerprint density at radius 1 is 0.870 bits per heavy atom. The molecule has 0 aromatic heterocycles. The highest BCUT2D eigenvalue weighted by molar-refractivity contribution is 5.25. The topological polar surface area (TPSA) is 29.5 Å². The maximum absolute atomic E-state index is 9.24. The Hall–Kier alpha value is -1.30. The molecule has 0 spiro atoms. The van der Waals surface area contributed by atoms with Gasteiger partial charge >= 0.3 is 0 Å². The number of ether oxygens (including phenoxy) is 1. The van der Waals surface area contributed by atoms with Gasteiger partial charge in [0.05, 0.1) is 13.2 Å². The number of aliphatic hydroxyl groups is 1. The number of hydrogen-bond acceptors (Lipinski definition) is 2. The fraction of sp³-hybridized carbons (Fsp3) is 0.619. The van der Waals surface area contributed by atoms with Gasteiger partial charge in [-0.25, -0.2) is 0 Å². The summed E-state index contributed by atoms with van der Waals surface area (Å²) in [5, 5.41) is 9.24. The minimum Gasteiger partial charge on any atom is -0.392 e. The first-order valence-corrected chi connectivity index (χ1v) is 9.09. The molecular formula is C21H32O2. The van der Waals surface area contributed by atoms with Gasteiger partial charge in [0, 0.05) is 6.42 Å². The number of hydrogen-bond donors (Lipinski definition) is 1. The predicted octanol–water partition coefficient (Wildman–Crippen LogP) is 5.23. The molecule has 0 radical (unpaired) electrons. The molecule has 0 saturated heterocycles. The molecule has 0 aliphatic carbocycles. The summed E-state index contributed by atoms with van der Waals surface area (Å²) in [4.78, 5) is 0. The molecule has 128 valence electrons. The van der Waals surface area contributed by atoms with Gasteiger partial charge in [0.15, 0.2) is 0 Å². The van der Waals surface area contributed by atoms with Crippen LogP contribution in [0.25, 0.3) is 0 Å². The predicted molar refractivity (Wildman–Crippen MR) is 97.0 cm³/mol. The van der Waals surface area contributed by atoms with Crippen molar-refractivity contribution in [1.82, 2.24) is 0 Å². The molecule has 0 aliphatic heterocycles. The maximum atomic E-state index is 9.24. The van der Waals surface area contributed by atoms with Crippen molar-refractivity contribution in [2.75, 3.05) is 6.61 Å². The Morgan fingerprint density at radius 3 is 2.22 bits per heavy atom. The standard InChI is InChI=1S/C21H32O2/c1-2-3-4-5-6-7-8-9-10-11-14-17-23-19-21-16-13-12-15-20(21)18-22/h12-13,15-16,22H,2-10,17-19H2,1H3. The van der Waals surface area contributed by atoms with Crippen molar-refractivity contribution < 1.29 is 9.84 Å². The third kappa shape index (κ3) is 10.2. The Labute approximate surface area is 142 Å². The van der Waals surface area contributed by atoms with Crippen molar-refractivity contribution in [2.24, 2.45) is 0 Å². The monoisotopic (exact) mass is 316 g/mol. The highest BCUT2D eigenvalue weighted by Gasteiger charge is 1.99. The zero-order valence-electron chi connectivity index (χ0n) is 14.7. The summed E-state index contributed by atoms with van der Waals surface area (Å²) < 4.78 is 5.56. The van der Waals surface area contributed by atoms with E-state index in [1.165, 1.54) is 51.4 Å². The summed E-state index contributed by atoms with van der Waals surface area (Å²) in [6.07, 6.45) is 11.7. The van der Waals surface area contributed by atoms with Crippen LogP contribution in [0.4, 0.5) is 0 Å². The summed E-state index contributed by atoms with van der Waals surface area (Å²) in [6.45, 7) is 3.30. The highest BCUT2D eigenvalue weighted by atomic mass is 16.5. The van der Waals surface area contributed by atoms with E-state index in [-0.39, 0.29) is 6.61 Å². The second-order valence-corrected chi connectivity index (χ2v) is 6.00. The van der Waals surface area contributed by atoms with E-state index in [0.29, 0.717) is 13.2 Å². The molecule has 0 saturated carbocycles. The van der Waals surface area contributed by atoms with E-state index in [9.17, 15) is 5.11 Å². The van der Waals surface area contributed by atoms with Crippen molar-refractivity contribution in [3.05, 3.63) is 35.4 Å². The largest absolute Gasteiger partial charge is 0.392 e. The summed E-state index contributed by atoms with van der Waals surface area (Å²) in [5.41, 5.74) is 1.97. The number of benzene rings is 1. The van der Waals surface area contributed by atoms with Crippen LogP contribution in [-0.2, 0) is 18.0 Å². The summed E-state index contributed by atoms with van der Waals surface area (Å²) in [6, 6.07) is 7.80. The lowest BCUT2D eigenvalue weighted by Gasteiger charge is -2.05. The second kappa shape index (κ2) is 14.3. The fourth-order valence-electron chi connectivity index (χ4n) is 2.55. The third-order valence-electron chi connectivity index (χ3n) is 4.00. The zero-order valence-corrected chi connectivity index (χ0v) is 14.7. The SMILES string of the molecule is CCCCCCCCCCC#CCOCc1ccccc1CO. The van der Waals surface area contributed by atoms with Gasteiger partial charge < -0.3 is 9.84 Å². The summed E-state index contributed by atoms with van der Waals surface area (Å²) >= 11 is 0.